The molecule has 120 valence electrons. The zero-order valence-electron chi connectivity index (χ0n) is 12.6. The van der Waals surface area contributed by atoms with E-state index in [1.165, 1.54) is 0 Å². The monoisotopic (exact) mass is 372 g/mol. The molecule has 2 unspecified atom stereocenters. The Bertz CT molecular complexity index is 590. The number of hydrogen-bond donors (Lipinski definition) is 0. The molecule has 0 heterocycles. The van der Waals surface area contributed by atoms with E-state index in [1.54, 1.807) is 0 Å². The molecule has 0 bridgehead atoms. The van der Waals surface area contributed by atoms with Gasteiger partial charge in [-0.05, 0) is 48.8 Å². The van der Waals surface area contributed by atoms with E-state index in [4.69, 9.17) is 4.74 Å². The highest BCUT2D eigenvalue weighted by Gasteiger charge is 2.52. The highest BCUT2D eigenvalue weighted by atomic mass is 79.9. The highest BCUT2D eigenvalue weighted by molar-refractivity contribution is 9.10. The summed E-state index contributed by atoms with van der Waals surface area (Å²) in [4.78, 5) is 12.9. The molecule has 1 aromatic rings. The van der Waals surface area contributed by atoms with Crippen LogP contribution < -0.4 is 0 Å². The van der Waals surface area contributed by atoms with E-state index >= 15 is 0 Å². The SMILES string of the molecule is C[C@@H]1CC2(Cc3ccc(Br)cc3C2=O)C[C@H](C)C1OC(F)F. The van der Waals surface area contributed by atoms with Crippen LogP contribution in [0.25, 0.3) is 0 Å². The number of alkyl halides is 2. The third-order valence-corrected chi connectivity index (χ3v) is 5.63. The highest BCUT2D eigenvalue weighted by Crippen LogP contribution is 2.51. The average molecular weight is 373 g/mol. The molecule has 0 N–H and O–H groups in total. The summed E-state index contributed by atoms with van der Waals surface area (Å²) in [5, 5.41) is 0. The smallest absolute Gasteiger partial charge is 0.319 e. The van der Waals surface area contributed by atoms with Gasteiger partial charge in [-0.1, -0.05) is 35.8 Å². The van der Waals surface area contributed by atoms with Gasteiger partial charge >= 0.3 is 6.61 Å². The molecule has 2 aliphatic carbocycles. The maximum absolute atomic E-state index is 12.9. The molecule has 0 aliphatic heterocycles. The minimum atomic E-state index is -2.75. The Morgan fingerprint density at radius 2 is 1.91 bits per heavy atom. The fourth-order valence-corrected chi connectivity index (χ4v) is 4.83. The Balaban J connectivity index is 1.87. The molecule has 1 saturated carbocycles. The van der Waals surface area contributed by atoms with Crippen LogP contribution in [0.15, 0.2) is 22.7 Å². The number of carbonyl (C=O) groups is 1. The molecular weight excluding hydrogens is 354 g/mol. The van der Waals surface area contributed by atoms with Crippen LogP contribution in [0.5, 0.6) is 0 Å². The van der Waals surface area contributed by atoms with E-state index in [-0.39, 0.29) is 17.6 Å². The topological polar surface area (TPSA) is 26.3 Å². The molecule has 2 aliphatic rings. The van der Waals surface area contributed by atoms with Crippen LogP contribution in [0, 0.1) is 17.3 Å². The molecule has 1 aromatic carbocycles. The molecule has 1 fully saturated rings. The van der Waals surface area contributed by atoms with Crippen LogP contribution in [0.2, 0.25) is 0 Å². The van der Waals surface area contributed by atoms with Crippen LogP contribution in [-0.4, -0.2) is 18.5 Å². The predicted octanol–water partition coefficient (Wildman–Crippen LogP) is 4.85. The minimum Gasteiger partial charge on any atom is -0.319 e. The van der Waals surface area contributed by atoms with Crippen molar-refractivity contribution in [3.8, 4) is 0 Å². The second-order valence-corrected chi connectivity index (χ2v) is 7.73. The first-order valence-electron chi connectivity index (χ1n) is 7.59. The first-order valence-corrected chi connectivity index (χ1v) is 8.38. The zero-order chi connectivity index (χ0) is 16.1. The molecule has 3 rings (SSSR count). The van der Waals surface area contributed by atoms with Gasteiger partial charge in [0.25, 0.3) is 0 Å². The van der Waals surface area contributed by atoms with Crippen LogP contribution in [-0.2, 0) is 11.2 Å². The summed E-state index contributed by atoms with van der Waals surface area (Å²) in [5.41, 5.74) is 1.41. The zero-order valence-corrected chi connectivity index (χ0v) is 14.2. The van der Waals surface area contributed by atoms with Gasteiger partial charge in [0.05, 0.1) is 6.10 Å². The first kappa shape index (κ1) is 16.1. The molecule has 5 heteroatoms. The Morgan fingerprint density at radius 1 is 1.27 bits per heavy atom. The number of ether oxygens (including phenoxy) is 1. The Kier molecular flexibility index (Phi) is 4.14. The fourth-order valence-electron chi connectivity index (χ4n) is 4.47. The lowest BCUT2D eigenvalue weighted by atomic mass is 9.63. The maximum atomic E-state index is 12.9. The normalized spacial score (nSPS) is 34.5. The number of rotatable bonds is 2. The lowest BCUT2D eigenvalue weighted by Crippen LogP contribution is -2.45. The molecule has 22 heavy (non-hydrogen) atoms. The first-order chi connectivity index (χ1) is 10.3. The van der Waals surface area contributed by atoms with Gasteiger partial charge in [-0.2, -0.15) is 8.78 Å². The standard InChI is InChI=1S/C17H19BrF2O2/c1-9-6-17(7-10(2)14(9)22-16(19)20)8-11-3-4-12(18)5-13(11)15(17)21/h3-5,9-10,14,16H,6-8H2,1-2H3/t9-,10+,14?,17?. The molecule has 0 radical (unpaired) electrons. The predicted molar refractivity (Wildman–Crippen MR) is 83.0 cm³/mol. The summed E-state index contributed by atoms with van der Waals surface area (Å²) in [5.74, 6) is 0.0527. The van der Waals surface area contributed by atoms with Crippen molar-refractivity contribution in [1.29, 1.82) is 0 Å². The molecule has 2 nitrogen and oxygen atoms in total. The number of carbonyl (C=O) groups excluding carboxylic acids is 1. The second-order valence-electron chi connectivity index (χ2n) is 6.81. The van der Waals surface area contributed by atoms with Crippen molar-refractivity contribution in [2.75, 3.05) is 0 Å². The quantitative estimate of drug-likeness (QED) is 0.741. The van der Waals surface area contributed by atoms with Gasteiger partial charge in [-0.3, -0.25) is 4.79 Å². The van der Waals surface area contributed by atoms with Crippen molar-refractivity contribution < 1.29 is 18.3 Å². The van der Waals surface area contributed by atoms with Gasteiger partial charge in [-0.15, -0.1) is 0 Å². The van der Waals surface area contributed by atoms with Gasteiger partial charge in [0.2, 0.25) is 0 Å². The minimum absolute atomic E-state index is 0.0561. The number of ketones is 1. The molecular formula is C17H19BrF2O2. The van der Waals surface area contributed by atoms with Crippen LogP contribution >= 0.6 is 15.9 Å². The third-order valence-electron chi connectivity index (χ3n) is 5.13. The summed E-state index contributed by atoms with van der Waals surface area (Å²) in [6, 6.07) is 5.82. The van der Waals surface area contributed by atoms with E-state index in [2.05, 4.69) is 15.9 Å². The van der Waals surface area contributed by atoms with E-state index in [9.17, 15) is 13.6 Å². The Labute approximate surface area is 137 Å². The average Bonchev–Trinajstić information content (AvgIpc) is 2.67. The molecule has 0 aromatic heterocycles. The number of hydrogen-bond acceptors (Lipinski definition) is 2. The number of benzene rings is 1. The largest absolute Gasteiger partial charge is 0.345 e. The maximum Gasteiger partial charge on any atom is 0.345 e. The van der Waals surface area contributed by atoms with Gasteiger partial charge in [0.1, 0.15) is 0 Å². The van der Waals surface area contributed by atoms with Gasteiger partial charge in [0.15, 0.2) is 5.78 Å². The lowest BCUT2D eigenvalue weighted by molar-refractivity contribution is -0.201. The van der Waals surface area contributed by atoms with E-state index in [0.717, 1.165) is 15.6 Å². The summed E-state index contributed by atoms with van der Waals surface area (Å²) < 4.78 is 30.8. The molecule has 1 spiro atoms. The van der Waals surface area contributed by atoms with Gasteiger partial charge in [0, 0.05) is 15.5 Å². The summed E-state index contributed by atoms with van der Waals surface area (Å²) >= 11 is 3.41. The van der Waals surface area contributed by atoms with Crippen molar-refractivity contribution >= 4 is 21.7 Å². The third kappa shape index (κ3) is 2.62. The van der Waals surface area contributed by atoms with Crippen LogP contribution in [0.3, 0.4) is 0 Å². The van der Waals surface area contributed by atoms with E-state index in [1.807, 2.05) is 32.0 Å². The van der Waals surface area contributed by atoms with Crippen molar-refractivity contribution in [2.45, 2.75) is 45.8 Å². The van der Waals surface area contributed by atoms with E-state index < -0.39 is 18.1 Å². The summed E-state index contributed by atoms with van der Waals surface area (Å²) in [6.45, 7) is 1.07. The lowest BCUT2D eigenvalue weighted by Gasteiger charge is -2.44. The number of fused-ring (bicyclic) bond motifs is 1. The second kappa shape index (κ2) is 5.68. The number of Topliss-reactive ketones (excluding diaryl/α,β-unsaturated/α-hetero) is 1. The van der Waals surface area contributed by atoms with E-state index in [0.29, 0.717) is 19.3 Å². The van der Waals surface area contributed by atoms with Crippen molar-refractivity contribution in [3.63, 3.8) is 0 Å². The Morgan fingerprint density at radius 3 is 2.50 bits per heavy atom. The number of halogens is 3. The van der Waals surface area contributed by atoms with Crippen molar-refractivity contribution in [1.82, 2.24) is 0 Å². The van der Waals surface area contributed by atoms with Crippen molar-refractivity contribution in [2.24, 2.45) is 17.3 Å². The van der Waals surface area contributed by atoms with Crippen LogP contribution in [0.4, 0.5) is 8.78 Å². The summed E-state index contributed by atoms with van der Waals surface area (Å²) in [6.07, 6.45) is 1.46. The molecule has 4 atom stereocenters. The van der Waals surface area contributed by atoms with Gasteiger partial charge < -0.3 is 4.74 Å². The molecule has 0 amide bonds. The fraction of sp³-hybridized carbons (Fsp3) is 0.588. The van der Waals surface area contributed by atoms with Crippen LogP contribution in [0.1, 0.15) is 42.6 Å². The van der Waals surface area contributed by atoms with Gasteiger partial charge in [-0.25, -0.2) is 0 Å². The molecule has 0 saturated heterocycles. The summed E-state index contributed by atoms with van der Waals surface area (Å²) in [7, 11) is 0. The van der Waals surface area contributed by atoms with Crippen molar-refractivity contribution in [3.05, 3.63) is 33.8 Å². The Hall–Kier alpha value is -0.810.